The number of benzene rings is 2. The number of hydrogen-bond acceptors (Lipinski definition) is 4. The van der Waals surface area contributed by atoms with E-state index in [9.17, 15) is 14.0 Å². The van der Waals surface area contributed by atoms with Crippen molar-refractivity contribution < 1.29 is 18.7 Å². The molecule has 1 atom stereocenters. The average molecular weight is 580 g/mol. The van der Waals surface area contributed by atoms with Crippen molar-refractivity contribution in [1.29, 1.82) is 0 Å². The first-order valence-electron chi connectivity index (χ1n) is 14.5. The molecule has 0 radical (unpaired) electrons. The third kappa shape index (κ3) is 8.17. The first-order chi connectivity index (χ1) is 19.6. The molecule has 2 heterocycles. The number of halogens is 1. The van der Waals surface area contributed by atoms with Gasteiger partial charge in [-0.3, -0.25) is 4.79 Å². The number of urea groups is 1. The van der Waals surface area contributed by atoms with E-state index >= 15 is 0 Å². The molecule has 0 bridgehead atoms. The zero-order chi connectivity index (χ0) is 29.5. The van der Waals surface area contributed by atoms with Gasteiger partial charge in [-0.1, -0.05) is 58.0 Å². The van der Waals surface area contributed by atoms with Crippen LogP contribution in [0, 0.1) is 12.7 Å². The molecule has 0 saturated carbocycles. The maximum atomic E-state index is 13.9. The SMILES string of the molecule is Cc1ccsc1CN(Cc1ccc(F)cc1)C(=O)CN(CC1CCCO1)C(=O)Nc1c(C(C)C)cccc1C(C)C. The fourth-order valence-corrected chi connectivity index (χ4v) is 6.10. The van der Waals surface area contributed by atoms with E-state index in [-0.39, 0.29) is 42.2 Å². The van der Waals surface area contributed by atoms with Crippen LogP contribution in [0.5, 0.6) is 0 Å². The van der Waals surface area contributed by atoms with Crippen molar-refractivity contribution in [3.05, 3.63) is 86.9 Å². The Labute approximate surface area is 247 Å². The van der Waals surface area contributed by atoms with E-state index in [1.165, 1.54) is 12.1 Å². The molecule has 1 aromatic heterocycles. The predicted molar refractivity (Wildman–Crippen MR) is 164 cm³/mol. The van der Waals surface area contributed by atoms with Crippen LogP contribution in [-0.4, -0.2) is 47.5 Å². The van der Waals surface area contributed by atoms with Crippen LogP contribution in [0.25, 0.3) is 0 Å². The maximum Gasteiger partial charge on any atom is 0.322 e. The van der Waals surface area contributed by atoms with Gasteiger partial charge in [-0.05, 0) is 77.4 Å². The Morgan fingerprint density at radius 1 is 1.00 bits per heavy atom. The molecule has 3 aromatic rings. The Morgan fingerprint density at radius 3 is 2.24 bits per heavy atom. The second-order valence-corrected chi connectivity index (χ2v) is 12.5. The number of amides is 3. The van der Waals surface area contributed by atoms with Gasteiger partial charge >= 0.3 is 6.03 Å². The van der Waals surface area contributed by atoms with Gasteiger partial charge in [0.05, 0.1) is 12.6 Å². The molecule has 1 N–H and O–H groups in total. The van der Waals surface area contributed by atoms with Crippen LogP contribution in [0.4, 0.5) is 14.9 Å². The largest absolute Gasteiger partial charge is 0.376 e. The van der Waals surface area contributed by atoms with Crippen LogP contribution >= 0.6 is 11.3 Å². The van der Waals surface area contributed by atoms with Crippen molar-refractivity contribution in [3.63, 3.8) is 0 Å². The molecule has 1 aliphatic heterocycles. The summed E-state index contributed by atoms with van der Waals surface area (Å²) >= 11 is 1.60. The maximum absolute atomic E-state index is 13.9. The van der Waals surface area contributed by atoms with Crippen molar-refractivity contribution in [2.75, 3.05) is 25.0 Å². The lowest BCUT2D eigenvalue weighted by atomic mass is 9.93. The first-order valence-corrected chi connectivity index (χ1v) is 15.4. The zero-order valence-electron chi connectivity index (χ0n) is 24.8. The van der Waals surface area contributed by atoms with E-state index in [1.54, 1.807) is 33.3 Å². The van der Waals surface area contributed by atoms with Crippen LogP contribution in [0.3, 0.4) is 0 Å². The Kier molecular flexibility index (Phi) is 10.6. The number of hydrogen-bond donors (Lipinski definition) is 1. The normalized spacial score (nSPS) is 15.0. The molecule has 2 aromatic carbocycles. The van der Waals surface area contributed by atoms with E-state index in [4.69, 9.17) is 4.74 Å². The molecule has 1 saturated heterocycles. The second kappa shape index (κ2) is 14.1. The summed E-state index contributed by atoms with van der Waals surface area (Å²) in [6, 6.07) is 14.1. The minimum absolute atomic E-state index is 0.0852. The third-order valence-electron chi connectivity index (χ3n) is 7.61. The molecule has 220 valence electrons. The number of para-hydroxylation sites is 1. The minimum atomic E-state index is -0.317. The summed E-state index contributed by atoms with van der Waals surface area (Å²) in [4.78, 5) is 32.3. The van der Waals surface area contributed by atoms with Crippen molar-refractivity contribution in [2.24, 2.45) is 0 Å². The molecule has 41 heavy (non-hydrogen) atoms. The van der Waals surface area contributed by atoms with Crippen molar-refractivity contribution in [1.82, 2.24) is 9.80 Å². The van der Waals surface area contributed by atoms with Crippen LogP contribution in [-0.2, 0) is 22.6 Å². The highest BCUT2D eigenvalue weighted by molar-refractivity contribution is 7.10. The smallest absolute Gasteiger partial charge is 0.322 e. The average Bonchev–Trinajstić information content (AvgIpc) is 3.60. The van der Waals surface area contributed by atoms with Gasteiger partial charge in [0.1, 0.15) is 12.4 Å². The number of thiophene rings is 1. The highest BCUT2D eigenvalue weighted by Crippen LogP contribution is 2.33. The molecule has 0 spiro atoms. The quantitative estimate of drug-likeness (QED) is 0.253. The van der Waals surface area contributed by atoms with E-state index in [2.05, 4.69) is 45.1 Å². The molecule has 1 aliphatic rings. The summed E-state index contributed by atoms with van der Waals surface area (Å²) in [6.07, 6.45) is 1.69. The Balaban J connectivity index is 1.60. The summed E-state index contributed by atoms with van der Waals surface area (Å²) in [5.41, 5.74) is 4.91. The third-order valence-corrected chi connectivity index (χ3v) is 8.62. The van der Waals surface area contributed by atoms with Crippen LogP contribution in [0.1, 0.15) is 79.5 Å². The summed E-state index contributed by atoms with van der Waals surface area (Å²) in [6.45, 7) is 12.1. The molecule has 1 unspecified atom stereocenters. The summed E-state index contributed by atoms with van der Waals surface area (Å²) in [5, 5.41) is 5.21. The lowest BCUT2D eigenvalue weighted by Crippen LogP contribution is -2.47. The van der Waals surface area contributed by atoms with Gasteiger partial charge in [-0.2, -0.15) is 0 Å². The molecular weight excluding hydrogens is 537 g/mol. The van der Waals surface area contributed by atoms with Gasteiger partial charge < -0.3 is 19.9 Å². The van der Waals surface area contributed by atoms with Crippen LogP contribution < -0.4 is 5.32 Å². The van der Waals surface area contributed by atoms with E-state index in [0.717, 1.165) is 45.7 Å². The Bertz CT molecular complexity index is 1290. The number of rotatable bonds is 11. The Hall–Kier alpha value is -3.23. The molecule has 1 fully saturated rings. The Morgan fingerprint density at radius 2 is 1.68 bits per heavy atom. The fraction of sp³-hybridized carbons (Fsp3) is 0.455. The summed E-state index contributed by atoms with van der Waals surface area (Å²) in [7, 11) is 0. The van der Waals surface area contributed by atoms with E-state index < -0.39 is 0 Å². The van der Waals surface area contributed by atoms with Gasteiger partial charge in [-0.25, -0.2) is 9.18 Å². The molecule has 0 aliphatic carbocycles. The number of carbonyl (C=O) groups excluding carboxylic acids is 2. The molecular formula is C33H42FN3O3S. The van der Waals surface area contributed by atoms with E-state index in [0.29, 0.717) is 26.2 Å². The number of carbonyl (C=O) groups is 2. The van der Waals surface area contributed by atoms with Gasteiger partial charge in [-0.15, -0.1) is 11.3 Å². The van der Waals surface area contributed by atoms with Crippen molar-refractivity contribution in [2.45, 2.75) is 78.5 Å². The van der Waals surface area contributed by atoms with Crippen molar-refractivity contribution >= 4 is 29.0 Å². The highest BCUT2D eigenvalue weighted by Gasteiger charge is 2.28. The predicted octanol–water partition coefficient (Wildman–Crippen LogP) is 7.68. The molecule has 8 heteroatoms. The van der Waals surface area contributed by atoms with Gasteiger partial charge in [0.25, 0.3) is 0 Å². The van der Waals surface area contributed by atoms with E-state index in [1.807, 2.05) is 24.4 Å². The standard InChI is InChI=1S/C33H42FN3O3S/c1-22(2)28-9-6-10-29(23(3)4)32(28)35-33(39)37(19-27-8-7-16-40-27)21-31(38)36(20-30-24(5)15-17-41-30)18-25-11-13-26(34)14-12-25/h6,9-15,17,22-23,27H,7-8,16,18-21H2,1-5H3,(H,35,39). The number of nitrogens with one attached hydrogen (secondary N) is 1. The topological polar surface area (TPSA) is 61.9 Å². The number of nitrogens with zero attached hydrogens (tertiary/aromatic N) is 2. The monoisotopic (exact) mass is 579 g/mol. The first kappa shape index (κ1) is 30.7. The van der Waals surface area contributed by atoms with Crippen LogP contribution in [0.2, 0.25) is 0 Å². The van der Waals surface area contributed by atoms with Gasteiger partial charge in [0.15, 0.2) is 0 Å². The molecule has 3 amide bonds. The number of anilines is 1. The zero-order valence-corrected chi connectivity index (χ0v) is 25.6. The second-order valence-electron chi connectivity index (χ2n) is 11.5. The van der Waals surface area contributed by atoms with Gasteiger partial charge in [0, 0.05) is 30.3 Å². The molecule has 6 nitrogen and oxygen atoms in total. The number of aryl methyl sites for hydroxylation is 1. The molecule has 4 rings (SSSR count). The van der Waals surface area contributed by atoms with Crippen molar-refractivity contribution in [3.8, 4) is 0 Å². The summed E-state index contributed by atoms with van der Waals surface area (Å²) < 4.78 is 19.5. The lowest BCUT2D eigenvalue weighted by Gasteiger charge is -2.30. The van der Waals surface area contributed by atoms with Gasteiger partial charge in [0.2, 0.25) is 5.91 Å². The summed E-state index contributed by atoms with van der Waals surface area (Å²) in [5.74, 6) is -0.0472. The van der Waals surface area contributed by atoms with Crippen LogP contribution in [0.15, 0.2) is 53.9 Å². The lowest BCUT2D eigenvalue weighted by molar-refractivity contribution is -0.133. The highest BCUT2D eigenvalue weighted by atomic mass is 32.1. The minimum Gasteiger partial charge on any atom is -0.376 e. The number of ether oxygens (including phenoxy) is 1. The fourth-order valence-electron chi connectivity index (χ4n) is 5.18.